The zero-order valence-electron chi connectivity index (χ0n) is 11.1. The Hall–Kier alpha value is -2.35. The van der Waals surface area contributed by atoms with Gasteiger partial charge in [0, 0.05) is 5.56 Å². The summed E-state index contributed by atoms with van der Waals surface area (Å²) >= 11 is 0. The second-order valence-corrected chi connectivity index (χ2v) is 4.83. The highest BCUT2D eigenvalue weighted by Gasteiger charge is 2.06. The maximum absolute atomic E-state index is 4.41. The Kier molecular flexibility index (Phi) is 2.92. The Morgan fingerprint density at radius 1 is 0.789 bits per heavy atom. The van der Waals surface area contributed by atoms with Crippen molar-refractivity contribution in [3.05, 3.63) is 65.7 Å². The third-order valence-corrected chi connectivity index (χ3v) is 3.47. The van der Waals surface area contributed by atoms with Gasteiger partial charge in [0.2, 0.25) is 0 Å². The van der Waals surface area contributed by atoms with Crippen molar-refractivity contribution in [2.75, 3.05) is 0 Å². The fourth-order valence-corrected chi connectivity index (χ4v) is 2.14. The van der Waals surface area contributed by atoms with Crippen molar-refractivity contribution in [3.63, 3.8) is 0 Å². The van der Waals surface area contributed by atoms with Crippen molar-refractivity contribution in [3.8, 4) is 22.5 Å². The van der Waals surface area contributed by atoms with Crippen molar-refractivity contribution in [1.29, 1.82) is 0 Å². The van der Waals surface area contributed by atoms with Gasteiger partial charge in [-0.05, 0) is 42.7 Å². The zero-order chi connectivity index (χ0) is 13.2. The van der Waals surface area contributed by atoms with Gasteiger partial charge < -0.3 is 0 Å². The topological polar surface area (TPSA) is 28.7 Å². The van der Waals surface area contributed by atoms with Gasteiger partial charge in [0.05, 0.1) is 11.4 Å². The summed E-state index contributed by atoms with van der Waals surface area (Å²) in [6, 6.07) is 18.8. The number of benzene rings is 2. The van der Waals surface area contributed by atoms with Crippen LogP contribution in [0.3, 0.4) is 0 Å². The van der Waals surface area contributed by atoms with Crippen molar-refractivity contribution in [2.45, 2.75) is 13.8 Å². The Morgan fingerprint density at radius 3 is 2.32 bits per heavy atom. The minimum absolute atomic E-state index is 0.988. The van der Waals surface area contributed by atoms with Crippen molar-refractivity contribution in [2.24, 2.45) is 0 Å². The molecule has 2 heteroatoms. The summed E-state index contributed by atoms with van der Waals surface area (Å²) in [5, 5.41) is 7.51. The Morgan fingerprint density at radius 2 is 1.58 bits per heavy atom. The van der Waals surface area contributed by atoms with Gasteiger partial charge in [-0.25, -0.2) is 0 Å². The zero-order valence-corrected chi connectivity index (χ0v) is 11.1. The van der Waals surface area contributed by atoms with Crippen LogP contribution in [0.4, 0.5) is 0 Å². The van der Waals surface area contributed by atoms with E-state index in [1.54, 1.807) is 0 Å². The number of hydrogen-bond acceptors (Lipinski definition) is 1. The van der Waals surface area contributed by atoms with Crippen LogP contribution in [0.5, 0.6) is 0 Å². The molecular weight excluding hydrogens is 232 g/mol. The monoisotopic (exact) mass is 248 g/mol. The van der Waals surface area contributed by atoms with Crippen LogP contribution in [-0.4, -0.2) is 10.2 Å². The molecular formula is C17H16N2. The highest BCUT2D eigenvalue weighted by molar-refractivity contribution is 5.68. The van der Waals surface area contributed by atoms with E-state index in [-0.39, 0.29) is 0 Å². The predicted octanol–water partition coefficient (Wildman–Crippen LogP) is 4.36. The lowest BCUT2D eigenvalue weighted by Crippen LogP contribution is -1.83. The first kappa shape index (κ1) is 11.7. The SMILES string of the molecule is Cc1ccc(-c2cc(-c3ccccc3)[nH]n2)cc1C. The first-order valence-corrected chi connectivity index (χ1v) is 6.42. The lowest BCUT2D eigenvalue weighted by Gasteiger charge is -2.01. The van der Waals surface area contributed by atoms with Crippen LogP contribution in [0.2, 0.25) is 0 Å². The van der Waals surface area contributed by atoms with E-state index in [4.69, 9.17) is 0 Å². The number of rotatable bonds is 2. The first-order valence-electron chi connectivity index (χ1n) is 6.42. The minimum atomic E-state index is 0.988. The number of nitrogens with one attached hydrogen (secondary N) is 1. The summed E-state index contributed by atoms with van der Waals surface area (Å²) in [6.07, 6.45) is 0. The predicted molar refractivity (Wildman–Crippen MR) is 78.9 cm³/mol. The van der Waals surface area contributed by atoms with Crippen molar-refractivity contribution >= 4 is 0 Å². The largest absolute Gasteiger partial charge is 0.277 e. The van der Waals surface area contributed by atoms with E-state index in [9.17, 15) is 0 Å². The highest BCUT2D eigenvalue weighted by atomic mass is 15.1. The smallest absolute Gasteiger partial charge is 0.0927 e. The van der Waals surface area contributed by atoms with E-state index in [0.717, 1.165) is 22.5 Å². The molecule has 0 saturated carbocycles. The molecule has 0 spiro atoms. The standard InChI is InChI=1S/C17H16N2/c1-12-8-9-15(10-13(12)2)17-11-16(18-19-17)14-6-4-3-5-7-14/h3-11H,1-2H3,(H,18,19). The molecule has 0 bridgehead atoms. The molecule has 94 valence electrons. The number of nitrogens with zero attached hydrogens (tertiary/aromatic N) is 1. The van der Waals surface area contributed by atoms with E-state index in [1.165, 1.54) is 11.1 Å². The molecule has 1 N–H and O–H groups in total. The van der Waals surface area contributed by atoms with Gasteiger partial charge in [-0.1, -0.05) is 42.5 Å². The van der Waals surface area contributed by atoms with Crippen LogP contribution in [0.1, 0.15) is 11.1 Å². The van der Waals surface area contributed by atoms with Crippen LogP contribution in [0.25, 0.3) is 22.5 Å². The van der Waals surface area contributed by atoms with Crippen LogP contribution >= 0.6 is 0 Å². The molecule has 1 aromatic heterocycles. The molecule has 2 nitrogen and oxygen atoms in total. The first-order chi connectivity index (χ1) is 9.24. The summed E-state index contributed by atoms with van der Waals surface area (Å²) in [7, 11) is 0. The molecule has 19 heavy (non-hydrogen) atoms. The van der Waals surface area contributed by atoms with Gasteiger partial charge >= 0.3 is 0 Å². The molecule has 1 heterocycles. The molecule has 0 aliphatic carbocycles. The fourth-order valence-electron chi connectivity index (χ4n) is 2.14. The highest BCUT2D eigenvalue weighted by Crippen LogP contribution is 2.24. The second kappa shape index (κ2) is 4.73. The molecule has 0 atom stereocenters. The van der Waals surface area contributed by atoms with E-state index in [0.29, 0.717) is 0 Å². The van der Waals surface area contributed by atoms with Gasteiger partial charge in [0.1, 0.15) is 0 Å². The van der Waals surface area contributed by atoms with E-state index in [2.05, 4.69) is 60.4 Å². The Bertz CT molecular complexity index is 696. The minimum Gasteiger partial charge on any atom is -0.277 e. The molecule has 2 aromatic carbocycles. The summed E-state index contributed by atoms with van der Waals surface area (Å²) in [5.74, 6) is 0. The molecule has 0 unspecified atom stereocenters. The summed E-state index contributed by atoms with van der Waals surface area (Å²) in [6.45, 7) is 4.25. The number of hydrogen-bond donors (Lipinski definition) is 1. The van der Waals surface area contributed by atoms with Gasteiger partial charge in [-0.3, -0.25) is 5.10 Å². The van der Waals surface area contributed by atoms with Gasteiger partial charge in [0.25, 0.3) is 0 Å². The van der Waals surface area contributed by atoms with Crippen LogP contribution in [-0.2, 0) is 0 Å². The van der Waals surface area contributed by atoms with Gasteiger partial charge in [-0.2, -0.15) is 5.10 Å². The molecule has 0 aliphatic rings. The summed E-state index contributed by atoms with van der Waals surface area (Å²) in [5.41, 5.74) is 6.95. The Labute approximate surface area is 113 Å². The van der Waals surface area contributed by atoms with E-state index < -0.39 is 0 Å². The quantitative estimate of drug-likeness (QED) is 0.717. The van der Waals surface area contributed by atoms with Crippen molar-refractivity contribution in [1.82, 2.24) is 10.2 Å². The third-order valence-electron chi connectivity index (χ3n) is 3.47. The maximum atomic E-state index is 4.41. The Balaban J connectivity index is 1.99. The molecule has 0 saturated heterocycles. The molecule has 0 radical (unpaired) electrons. The van der Waals surface area contributed by atoms with Gasteiger partial charge in [0.15, 0.2) is 0 Å². The number of aromatic nitrogens is 2. The average molecular weight is 248 g/mol. The summed E-state index contributed by atoms with van der Waals surface area (Å²) in [4.78, 5) is 0. The molecule has 0 aliphatic heterocycles. The molecule has 3 rings (SSSR count). The van der Waals surface area contributed by atoms with Crippen LogP contribution < -0.4 is 0 Å². The fraction of sp³-hybridized carbons (Fsp3) is 0.118. The van der Waals surface area contributed by atoms with Crippen LogP contribution in [0, 0.1) is 13.8 Å². The number of aromatic amines is 1. The molecule has 3 aromatic rings. The third kappa shape index (κ3) is 2.29. The second-order valence-electron chi connectivity index (χ2n) is 4.83. The molecule has 0 fully saturated rings. The number of aryl methyl sites for hydroxylation is 2. The van der Waals surface area contributed by atoms with Crippen molar-refractivity contribution < 1.29 is 0 Å². The lowest BCUT2D eigenvalue weighted by atomic mass is 10.0. The van der Waals surface area contributed by atoms with E-state index >= 15 is 0 Å². The van der Waals surface area contributed by atoms with E-state index in [1.807, 2.05) is 18.2 Å². The molecule has 0 amide bonds. The summed E-state index contributed by atoms with van der Waals surface area (Å²) < 4.78 is 0. The van der Waals surface area contributed by atoms with Crippen LogP contribution in [0.15, 0.2) is 54.6 Å². The number of H-pyrrole nitrogens is 1. The maximum Gasteiger partial charge on any atom is 0.0927 e. The normalized spacial score (nSPS) is 10.6. The van der Waals surface area contributed by atoms with Gasteiger partial charge in [-0.15, -0.1) is 0 Å². The lowest BCUT2D eigenvalue weighted by molar-refractivity contribution is 1.10. The average Bonchev–Trinajstić information content (AvgIpc) is 2.93.